The third-order valence-electron chi connectivity index (χ3n) is 2.10. The highest BCUT2D eigenvalue weighted by molar-refractivity contribution is 5.27. The summed E-state index contributed by atoms with van der Waals surface area (Å²) in [5.41, 5.74) is 7.66. The molecular weight excluding hydrogens is 188 g/mol. The van der Waals surface area contributed by atoms with Crippen molar-refractivity contribution in [1.82, 2.24) is 9.97 Å². The predicted molar refractivity (Wildman–Crippen MR) is 62.9 cm³/mol. The molecule has 0 saturated heterocycles. The minimum absolute atomic E-state index is 0.270. The van der Waals surface area contributed by atoms with E-state index in [9.17, 15) is 0 Å². The average Bonchev–Trinajstić information content (AvgIpc) is 2.10. The van der Waals surface area contributed by atoms with Crippen LogP contribution in [0.25, 0.3) is 0 Å². The molecule has 0 amide bonds. The molecule has 0 spiro atoms. The minimum atomic E-state index is 0.270. The van der Waals surface area contributed by atoms with E-state index in [0.717, 1.165) is 36.7 Å². The van der Waals surface area contributed by atoms with Gasteiger partial charge in [0.15, 0.2) is 0 Å². The van der Waals surface area contributed by atoms with Gasteiger partial charge in [-0.1, -0.05) is 0 Å². The first-order valence-corrected chi connectivity index (χ1v) is 5.39. The SMILES string of the molecule is Cc1cc(C)nc(NCCCC(C)N)n1. The number of nitrogens with two attached hydrogens (primary N) is 1. The zero-order valence-corrected chi connectivity index (χ0v) is 9.75. The zero-order valence-electron chi connectivity index (χ0n) is 9.75. The average molecular weight is 208 g/mol. The first-order valence-electron chi connectivity index (χ1n) is 5.39. The van der Waals surface area contributed by atoms with Crippen LogP contribution in [0.15, 0.2) is 6.07 Å². The number of aromatic nitrogens is 2. The lowest BCUT2D eigenvalue weighted by Gasteiger charge is -2.07. The normalized spacial score (nSPS) is 12.5. The van der Waals surface area contributed by atoms with Crippen LogP contribution < -0.4 is 11.1 Å². The lowest BCUT2D eigenvalue weighted by Crippen LogP contribution is -2.16. The summed E-state index contributed by atoms with van der Waals surface area (Å²) in [6.45, 7) is 6.85. The molecule has 15 heavy (non-hydrogen) atoms. The van der Waals surface area contributed by atoms with Gasteiger partial charge in [0.2, 0.25) is 5.95 Å². The van der Waals surface area contributed by atoms with Gasteiger partial charge in [-0.2, -0.15) is 0 Å². The Morgan fingerprint density at radius 1 is 1.33 bits per heavy atom. The fraction of sp³-hybridized carbons (Fsp3) is 0.636. The Labute approximate surface area is 91.3 Å². The van der Waals surface area contributed by atoms with Crippen LogP contribution in [0.5, 0.6) is 0 Å². The highest BCUT2D eigenvalue weighted by Gasteiger charge is 1.99. The number of aryl methyl sites for hydroxylation is 2. The van der Waals surface area contributed by atoms with Crippen LogP contribution in [0.4, 0.5) is 5.95 Å². The molecule has 1 aromatic rings. The zero-order chi connectivity index (χ0) is 11.3. The lowest BCUT2D eigenvalue weighted by molar-refractivity contribution is 0.638. The maximum atomic E-state index is 5.66. The molecule has 1 atom stereocenters. The van der Waals surface area contributed by atoms with Gasteiger partial charge >= 0.3 is 0 Å². The number of hydrogen-bond donors (Lipinski definition) is 2. The maximum Gasteiger partial charge on any atom is 0.223 e. The standard InChI is InChI=1S/C11H20N4/c1-8(12)5-4-6-13-11-14-9(2)7-10(3)15-11/h7-8H,4-6,12H2,1-3H3,(H,13,14,15). The van der Waals surface area contributed by atoms with E-state index >= 15 is 0 Å². The Bertz CT molecular complexity index is 289. The van der Waals surface area contributed by atoms with Crippen molar-refractivity contribution in [1.29, 1.82) is 0 Å². The molecule has 1 aromatic heterocycles. The van der Waals surface area contributed by atoms with Crippen LogP contribution in [0, 0.1) is 13.8 Å². The van der Waals surface area contributed by atoms with Gasteiger partial charge in [-0.05, 0) is 39.7 Å². The summed E-state index contributed by atoms with van der Waals surface area (Å²) in [6, 6.07) is 2.24. The summed E-state index contributed by atoms with van der Waals surface area (Å²) in [4.78, 5) is 8.59. The molecule has 3 N–H and O–H groups in total. The number of rotatable bonds is 5. The van der Waals surface area contributed by atoms with Gasteiger partial charge in [-0.3, -0.25) is 0 Å². The van der Waals surface area contributed by atoms with Crippen molar-refractivity contribution in [3.05, 3.63) is 17.5 Å². The molecule has 4 heteroatoms. The van der Waals surface area contributed by atoms with Gasteiger partial charge in [0, 0.05) is 24.0 Å². The first-order chi connectivity index (χ1) is 7.08. The molecule has 0 aliphatic rings. The second-order valence-electron chi connectivity index (χ2n) is 4.02. The smallest absolute Gasteiger partial charge is 0.223 e. The summed E-state index contributed by atoms with van der Waals surface area (Å²) in [7, 11) is 0. The van der Waals surface area contributed by atoms with Crippen LogP contribution >= 0.6 is 0 Å². The molecule has 1 unspecified atom stereocenters. The van der Waals surface area contributed by atoms with E-state index < -0.39 is 0 Å². The van der Waals surface area contributed by atoms with E-state index in [0.29, 0.717) is 0 Å². The van der Waals surface area contributed by atoms with Gasteiger partial charge in [0.05, 0.1) is 0 Å². The van der Waals surface area contributed by atoms with E-state index in [1.807, 2.05) is 26.8 Å². The number of anilines is 1. The van der Waals surface area contributed by atoms with Crippen molar-refractivity contribution >= 4 is 5.95 Å². The van der Waals surface area contributed by atoms with Crippen molar-refractivity contribution in [3.8, 4) is 0 Å². The summed E-state index contributed by atoms with van der Waals surface area (Å²) in [6.07, 6.45) is 2.08. The minimum Gasteiger partial charge on any atom is -0.354 e. The highest BCUT2D eigenvalue weighted by atomic mass is 15.1. The number of nitrogens with one attached hydrogen (secondary N) is 1. The second-order valence-corrected chi connectivity index (χ2v) is 4.02. The quantitative estimate of drug-likeness (QED) is 0.722. The van der Waals surface area contributed by atoms with Crippen LogP contribution in [0.2, 0.25) is 0 Å². The van der Waals surface area contributed by atoms with Crippen LogP contribution in [-0.4, -0.2) is 22.6 Å². The third kappa shape index (κ3) is 4.74. The van der Waals surface area contributed by atoms with Crippen LogP contribution in [0.1, 0.15) is 31.2 Å². The fourth-order valence-electron chi connectivity index (χ4n) is 1.43. The third-order valence-corrected chi connectivity index (χ3v) is 2.10. The maximum absolute atomic E-state index is 5.66. The summed E-state index contributed by atoms with van der Waals surface area (Å²) in [5, 5.41) is 3.20. The van der Waals surface area contributed by atoms with E-state index in [1.165, 1.54) is 0 Å². The molecule has 0 bridgehead atoms. The molecular formula is C11H20N4. The van der Waals surface area contributed by atoms with Gasteiger partial charge in [-0.15, -0.1) is 0 Å². The van der Waals surface area contributed by atoms with E-state index in [-0.39, 0.29) is 6.04 Å². The van der Waals surface area contributed by atoms with Crippen LogP contribution in [0.3, 0.4) is 0 Å². The van der Waals surface area contributed by atoms with Gasteiger partial charge in [-0.25, -0.2) is 9.97 Å². The Kier molecular flexibility index (Phi) is 4.49. The van der Waals surface area contributed by atoms with Gasteiger partial charge < -0.3 is 11.1 Å². The molecule has 0 aromatic carbocycles. The number of nitrogens with zero attached hydrogens (tertiary/aromatic N) is 2. The lowest BCUT2D eigenvalue weighted by atomic mass is 10.2. The van der Waals surface area contributed by atoms with Crippen molar-refractivity contribution in [2.45, 2.75) is 39.7 Å². The molecule has 4 nitrogen and oxygen atoms in total. The number of hydrogen-bond acceptors (Lipinski definition) is 4. The Morgan fingerprint density at radius 2 is 1.93 bits per heavy atom. The molecule has 0 aliphatic heterocycles. The van der Waals surface area contributed by atoms with E-state index in [2.05, 4.69) is 15.3 Å². The van der Waals surface area contributed by atoms with Gasteiger partial charge in [0.25, 0.3) is 0 Å². The molecule has 0 fully saturated rings. The molecule has 84 valence electrons. The van der Waals surface area contributed by atoms with Crippen molar-refractivity contribution in [2.75, 3.05) is 11.9 Å². The Hall–Kier alpha value is -1.16. The predicted octanol–water partition coefficient (Wildman–Crippen LogP) is 1.63. The monoisotopic (exact) mass is 208 g/mol. The summed E-state index contributed by atoms with van der Waals surface area (Å²) < 4.78 is 0. The summed E-state index contributed by atoms with van der Waals surface area (Å²) in [5.74, 6) is 0.720. The van der Waals surface area contributed by atoms with Crippen LogP contribution in [-0.2, 0) is 0 Å². The first kappa shape index (κ1) is 11.9. The Balaban J connectivity index is 2.37. The molecule has 0 radical (unpaired) electrons. The summed E-state index contributed by atoms with van der Waals surface area (Å²) >= 11 is 0. The molecule has 1 heterocycles. The molecule has 1 rings (SSSR count). The fourth-order valence-corrected chi connectivity index (χ4v) is 1.43. The molecule has 0 aliphatic carbocycles. The van der Waals surface area contributed by atoms with E-state index in [1.54, 1.807) is 0 Å². The Morgan fingerprint density at radius 3 is 2.47 bits per heavy atom. The second kappa shape index (κ2) is 5.66. The van der Waals surface area contributed by atoms with Gasteiger partial charge in [0.1, 0.15) is 0 Å². The van der Waals surface area contributed by atoms with Crippen molar-refractivity contribution < 1.29 is 0 Å². The van der Waals surface area contributed by atoms with E-state index in [4.69, 9.17) is 5.73 Å². The topological polar surface area (TPSA) is 63.8 Å². The largest absolute Gasteiger partial charge is 0.354 e. The highest BCUT2D eigenvalue weighted by Crippen LogP contribution is 2.04. The van der Waals surface area contributed by atoms with Crippen molar-refractivity contribution in [3.63, 3.8) is 0 Å². The molecule has 0 saturated carbocycles. The van der Waals surface area contributed by atoms with Crippen molar-refractivity contribution in [2.24, 2.45) is 5.73 Å².